The molecule has 2 rings (SSSR count). The standard InChI is InChI=1S/C13H17N3S/c1-10-9-17-13(15-10)8-14-11-4-6-12(7-5-11)16(2)3/h4-7,9,14H,8H2,1-3H3. The molecule has 0 bridgehead atoms. The first kappa shape index (κ1) is 11.9. The minimum Gasteiger partial charge on any atom is -0.379 e. The second-order valence-electron chi connectivity index (χ2n) is 4.18. The molecular formula is C13H17N3S. The van der Waals surface area contributed by atoms with Gasteiger partial charge in [-0.05, 0) is 31.2 Å². The molecule has 0 fully saturated rings. The van der Waals surface area contributed by atoms with Gasteiger partial charge in [-0.25, -0.2) is 4.98 Å². The van der Waals surface area contributed by atoms with Crippen molar-refractivity contribution in [3.63, 3.8) is 0 Å². The fourth-order valence-corrected chi connectivity index (χ4v) is 2.25. The van der Waals surface area contributed by atoms with Crippen LogP contribution >= 0.6 is 11.3 Å². The monoisotopic (exact) mass is 247 g/mol. The van der Waals surface area contributed by atoms with Gasteiger partial charge in [-0.3, -0.25) is 0 Å². The summed E-state index contributed by atoms with van der Waals surface area (Å²) in [6.45, 7) is 2.81. The van der Waals surface area contributed by atoms with E-state index in [1.54, 1.807) is 11.3 Å². The summed E-state index contributed by atoms with van der Waals surface area (Å²) in [5, 5.41) is 6.57. The highest BCUT2D eigenvalue weighted by atomic mass is 32.1. The smallest absolute Gasteiger partial charge is 0.112 e. The van der Waals surface area contributed by atoms with Crippen LogP contribution in [-0.2, 0) is 6.54 Å². The van der Waals surface area contributed by atoms with Gasteiger partial charge in [-0.2, -0.15) is 0 Å². The molecule has 4 heteroatoms. The van der Waals surface area contributed by atoms with Crippen LogP contribution in [0.1, 0.15) is 10.7 Å². The zero-order chi connectivity index (χ0) is 12.3. The molecule has 0 amide bonds. The highest BCUT2D eigenvalue weighted by Gasteiger charge is 1.99. The van der Waals surface area contributed by atoms with Gasteiger partial charge in [-0.1, -0.05) is 0 Å². The molecule has 0 unspecified atom stereocenters. The van der Waals surface area contributed by atoms with Crippen LogP contribution in [0.4, 0.5) is 11.4 Å². The molecule has 0 saturated carbocycles. The fourth-order valence-electron chi connectivity index (χ4n) is 1.54. The summed E-state index contributed by atoms with van der Waals surface area (Å²) in [4.78, 5) is 6.51. The first-order chi connectivity index (χ1) is 8.15. The van der Waals surface area contributed by atoms with Gasteiger partial charge in [-0.15, -0.1) is 11.3 Å². The van der Waals surface area contributed by atoms with E-state index in [2.05, 4.69) is 44.8 Å². The van der Waals surface area contributed by atoms with E-state index >= 15 is 0 Å². The van der Waals surface area contributed by atoms with Crippen molar-refractivity contribution in [1.29, 1.82) is 0 Å². The van der Waals surface area contributed by atoms with Crippen molar-refractivity contribution >= 4 is 22.7 Å². The zero-order valence-corrected chi connectivity index (χ0v) is 11.2. The average Bonchev–Trinajstić information content (AvgIpc) is 2.73. The maximum atomic E-state index is 4.42. The van der Waals surface area contributed by atoms with E-state index in [1.807, 2.05) is 21.0 Å². The topological polar surface area (TPSA) is 28.2 Å². The number of thiazole rings is 1. The Hall–Kier alpha value is -1.55. The number of anilines is 2. The lowest BCUT2D eigenvalue weighted by atomic mass is 10.2. The van der Waals surface area contributed by atoms with Gasteiger partial charge in [0.1, 0.15) is 5.01 Å². The molecule has 90 valence electrons. The quantitative estimate of drug-likeness (QED) is 0.899. The molecule has 1 aromatic carbocycles. The summed E-state index contributed by atoms with van der Waals surface area (Å²) in [6, 6.07) is 8.40. The minimum absolute atomic E-state index is 0.791. The predicted molar refractivity (Wildman–Crippen MR) is 74.9 cm³/mol. The van der Waals surface area contributed by atoms with Crippen molar-refractivity contribution in [3.05, 3.63) is 40.3 Å². The number of rotatable bonds is 4. The van der Waals surface area contributed by atoms with Gasteiger partial charge in [0.2, 0.25) is 0 Å². The minimum atomic E-state index is 0.791. The Morgan fingerprint density at radius 2 is 1.94 bits per heavy atom. The molecule has 3 nitrogen and oxygen atoms in total. The fraction of sp³-hybridized carbons (Fsp3) is 0.308. The SMILES string of the molecule is Cc1csc(CNc2ccc(N(C)C)cc2)n1. The highest BCUT2D eigenvalue weighted by Crippen LogP contribution is 2.17. The van der Waals surface area contributed by atoms with Gasteiger partial charge in [0, 0.05) is 36.5 Å². The largest absolute Gasteiger partial charge is 0.379 e. The number of aryl methyl sites for hydroxylation is 1. The van der Waals surface area contributed by atoms with Crippen LogP contribution in [0, 0.1) is 6.92 Å². The van der Waals surface area contributed by atoms with Crippen LogP contribution in [-0.4, -0.2) is 19.1 Å². The third kappa shape index (κ3) is 3.20. The van der Waals surface area contributed by atoms with Crippen molar-refractivity contribution < 1.29 is 0 Å². The molecular weight excluding hydrogens is 230 g/mol. The average molecular weight is 247 g/mol. The van der Waals surface area contributed by atoms with Gasteiger partial charge >= 0.3 is 0 Å². The first-order valence-corrected chi connectivity index (χ1v) is 6.45. The molecule has 1 aromatic heterocycles. The molecule has 0 spiro atoms. The van der Waals surface area contributed by atoms with Crippen LogP contribution in [0.3, 0.4) is 0 Å². The molecule has 0 atom stereocenters. The van der Waals surface area contributed by atoms with Crippen molar-refractivity contribution in [3.8, 4) is 0 Å². The van der Waals surface area contributed by atoms with E-state index in [0.29, 0.717) is 0 Å². The molecule has 0 saturated heterocycles. The van der Waals surface area contributed by atoms with E-state index in [1.165, 1.54) is 5.69 Å². The Labute approximate surface area is 106 Å². The summed E-state index contributed by atoms with van der Waals surface area (Å²) in [6.07, 6.45) is 0. The molecule has 1 heterocycles. The van der Waals surface area contributed by atoms with Crippen LogP contribution < -0.4 is 10.2 Å². The van der Waals surface area contributed by atoms with Crippen LogP contribution in [0.2, 0.25) is 0 Å². The number of nitrogens with zero attached hydrogens (tertiary/aromatic N) is 2. The number of hydrogen-bond acceptors (Lipinski definition) is 4. The summed E-state index contributed by atoms with van der Waals surface area (Å²) in [5.74, 6) is 0. The zero-order valence-electron chi connectivity index (χ0n) is 10.4. The third-order valence-electron chi connectivity index (χ3n) is 2.49. The molecule has 0 radical (unpaired) electrons. The molecule has 0 aliphatic heterocycles. The van der Waals surface area contributed by atoms with Crippen LogP contribution in [0.15, 0.2) is 29.6 Å². The normalized spacial score (nSPS) is 10.3. The molecule has 0 aliphatic carbocycles. The number of hydrogen-bond donors (Lipinski definition) is 1. The van der Waals surface area contributed by atoms with Crippen molar-refractivity contribution in [2.45, 2.75) is 13.5 Å². The van der Waals surface area contributed by atoms with Gasteiger partial charge < -0.3 is 10.2 Å². The van der Waals surface area contributed by atoms with Crippen molar-refractivity contribution in [1.82, 2.24) is 4.98 Å². The maximum absolute atomic E-state index is 4.42. The van der Waals surface area contributed by atoms with Crippen LogP contribution in [0.25, 0.3) is 0 Å². The lowest BCUT2D eigenvalue weighted by Crippen LogP contribution is -2.08. The Kier molecular flexibility index (Phi) is 3.64. The number of benzene rings is 1. The second kappa shape index (κ2) is 5.19. The highest BCUT2D eigenvalue weighted by molar-refractivity contribution is 7.09. The molecule has 1 N–H and O–H groups in total. The first-order valence-electron chi connectivity index (χ1n) is 5.57. The second-order valence-corrected chi connectivity index (χ2v) is 5.12. The van der Waals surface area contributed by atoms with E-state index in [0.717, 1.165) is 22.9 Å². The van der Waals surface area contributed by atoms with Gasteiger partial charge in [0.25, 0.3) is 0 Å². The lowest BCUT2D eigenvalue weighted by molar-refractivity contribution is 1.07. The predicted octanol–water partition coefficient (Wildman–Crippen LogP) is 3.13. The summed E-state index contributed by atoms with van der Waals surface area (Å²) < 4.78 is 0. The van der Waals surface area contributed by atoms with Crippen LogP contribution in [0.5, 0.6) is 0 Å². The Morgan fingerprint density at radius 1 is 1.24 bits per heavy atom. The molecule has 17 heavy (non-hydrogen) atoms. The Balaban J connectivity index is 1.95. The third-order valence-corrected chi connectivity index (χ3v) is 3.46. The van der Waals surface area contributed by atoms with Gasteiger partial charge in [0.05, 0.1) is 6.54 Å². The molecule has 0 aliphatic rings. The lowest BCUT2D eigenvalue weighted by Gasteiger charge is -2.13. The number of aromatic nitrogens is 1. The van der Waals surface area contributed by atoms with Crippen molar-refractivity contribution in [2.75, 3.05) is 24.3 Å². The maximum Gasteiger partial charge on any atom is 0.112 e. The Morgan fingerprint density at radius 3 is 2.47 bits per heavy atom. The summed E-state index contributed by atoms with van der Waals surface area (Å²) >= 11 is 1.69. The summed E-state index contributed by atoms with van der Waals surface area (Å²) in [5.41, 5.74) is 3.43. The van der Waals surface area contributed by atoms with Crippen molar-refractivity contribution in [2.24, 2.45) is 0 Å². The summed E-state index contributed by atoms with van der Waals surface area (Å²) in [7, 11) is 4.08. The van der Waals surface area contributed by atoms with Gasteiger partial charge in [0.15, 0.2) is 0 Å². The van der Waals surface area contributed by atoms with E-state index in [9.17, 15) is 0 Å². The molecule has 2 aromatic rings. The number of nitrogens with one attached hydrogen (secondary N) is 1. The van der Waals surface area contributed by atoms with E-state index in [-0.39, 0.29) is 0 Å². The van der Waals surface area contributed by atoms with E-state index in [4.69, 9.17) is 0 Å². The van der Waals surface area contributed by atoms with E-state index < -0.39 is 0 Å². The Bertz CT molecular complexity index is 474.